The van der Waals surface area contributed by atoms with Gasteiger partial charge in [0.25, 0.3) is 5.91 Å². The van der Waals surface area contributed by atoms with Gasteiger partial charge in [-0.3, -0.25) is 9.89 Å². The number of aromatic nitrogens is 2. The molecule has 1 fully saturated rings. The smallest absolute Gasteiger partial charge is 0.275 e. The van der Waals surface area contributed by atoms with E-state index in [0.29, 0.717) is 38.3 Å². The summed E-state index contributed by atoms with van der Waals surface area (Å²) in [5.74, 6) is -0.155. The molecule has 1 amide bonds. The normalized spacial score (nSPS) is 17.4. The highest BCUT2D eigenvalue weighted by Crippen LogP contribution is 2.20. The van der Waals surface area contributed by atoms with Crippen LogP contribution in [0.2, 0.25) is 0 Å². The molecule has 1 saturated heterocycles. The summed E-state index contributed by atoms with van der Waals surface area (Å²) in [5.41, 5.74) is 2.29. The van der Waals surface area contributed by atoms with Crippen LogP contribution in [0.15, 0.2) is 18.2 Å². The van der Waals surface area contributed by atoms with E-state index >= 15 is 0 Å². The summed E-state index contributed by atoms with van der Waals surface area (Å²) >= 11 is 0. The molecule has 7 nitrogen and oxygen atoms in total. The molecule has 0 unspecified atom stereocenters. The molecule has 1 aliphatic rings. The van der Waals surface area contributed by atoms with Gasteiger partial charge in [-0.15, -0.1) is 0 Å². The predicted octanol–water partition coefficient (Wildman–Crippen LogP) is 0.979. The molecule has 1 aromatic heterocycles. The summed E-state index contributed by atoms with van der Waals surface area (Å²) in [6.07, 6.45) is 1.83. The van der Waals surface area contributed by atoms with E-state index in [1.807, 2.05) is 25.1 Å². The highest BCUT2D eigenvalue weighted by molar-refractivity contribution is 7.88. The third kappa shape index (κ3) is 3.23. The van der Waals surface area contributed by atoms with E-state index in [9.17, 15) is 13.2 Å². The molecule has 0 atom stereocenters. The summed E-state index contributed by atoms with van der Waals surface area (Å²) in [7, 11) is -3.22. The fraction of sp³-hybridized carbons (Fsp3) is 0.467. The molecule has 23 heavy (non-hydrogen) atoms. The second kappa shape index (κ2) is 5.93. The van der Waals surface area contributed by atoms with E-state index in [0.717, 1.165) is 16.5 Å². The van der Waals surface area contributed by atoms with Crippen molar-refractivity contribution in [3.05, 3.63) is 29.5 Å². The molecule has 1 aromatic carbocycles. The van der Waals surface area contributed by atoms with Gasteiger partial charge in [0.2, 0.25) is 10.0 Å². The first-order chi connectivity index (χ1) is 10.9. The van der Waals surface area contributed by atoms with Crippen LogP contribution in [0.5, 0.6) is 0 Å². The fourth-order valence-electron chi connectivity index (χ4n) is 2.87. The SMILES string of the molecule is Cc1ccc2[nH]nc(C(=O)N3CCCN(S(C)(=O)=O)CC3)c2c1. The van der Waals surface area contributed by atoms with Crippen LogP contribution in [0, 0.1) is 6.92 Å². The Bertz CT molecular complexity index is 844. The van der Waals surface area contributed by atoms with Crippen LogP contribution >= 0.6 is 0 Å². The van der Waals surface area contributed by atoms with Crippen molar-refractivity contribution in [3.8, 4) is 0 Å². The number of aromatic amines is 1. The first-order valence-electron chi connectivity index (χ1n) is 7.55. The number of amides is 1. The first kappa shape index (κ1) is 15.9. The van der Waals surface area contributed by atoms with Crippen molar-refractivity contribution in [1.29, 1.82) is 0 Å². The van der Waals surface area contributed by atoms with E-state index in [-0.39, 0.29) is 5.91 Å². The number of carbonyl (C=O) groups excluding carboxylic acids is 1. The van der Waals surface area contributed by atoms with Crippen LogP contribution in [-0.2, 0) is 10.0 Å². The number of aryl methyl sites for hydroxylation is 1. The van der Waals surface area contributed by atoms with Gasteiger partial charge in [-0.25, -0.2) is 12.7 Å². The highest BCUT2D eigenvalue weighted by Gasteiger charge is 2.26. The third-order valence-corrected chi connectivity index (χ3v) is 5.44. The van der Waals surface area contributed by atoms with E-state index < -0.39 is 10.0 Å². The Balaban J connectivity index is 1.84. The van der Waals surface area contributed by atoms with E-state index in [4.69, 9.17) is 0 Å². The lowest BCUT2D eigenvalue weighted by molar-refractivity contribution is 0.0760. The Morgan fingerprint density at radius 2 is 2.00 bits per heavy atom. The van der Waals surface area contributed by atoms with Gasteiger partial charge in [-0.2, -0.15) is 5.10 Å². The summed E-state index contributed by atoms with van der Waals surface area (Å²) in [4.78, 5) is 14.5. The summed E-state index contributed by atoms with van der Waals surface area (Å²) in [6, 6.07) is 5.81. The number of H-pyrrole nitrogens is 1. The van der Waals surface area contributed by atoms with Crippen molar-refractivity contribution in [2.24, 2.45) is 0 Å². The minimum atomic E-state index is -3.22. The second-order valence-corrected chi connectivity index (χ2v) is 7.91. The third-order valence-electron chi connectivity index (χ3n) is 4.13. The zero-order valence-electron chi connectivity index (χ0n) is 13.2. The molecule has 0 radical (unpaired) electrons. The number of sulfonamides is 1. The number of nitrogens with one attached hydrogen (secondary N) is 1. The van der Waals surface area contributed by atoms with Gasteiger partial charge in [-0.05, 0) is 25.5 Å². The minimum absolute atomic E-state index is 0.155. The molecule has 0 aliphatic carbocycles. The maximum atomic E-state index is 12.8. The monoisotopic (exact) mass is 336 g/mol. The van der Waals surface area contributed by atoms with Crippen molar-refractivity contribution in [2.75, 3.05) is 32.4 Å². The molecule has 1 aliphatic heterocycles. The Morgan fingerprint density at radius 3 is 2.74 bits per heavy atom. The maximum Gasteiger partial charge on any atom is 0.275 e. The number of benzene rings is 1. The predicted molar refractivity (Wildman–Crippen MR) is 87.8 cm³/mol. The average Bonchev–Trinajstić information content (AvgIpc) is 2.72. The zero-order valence-corrected chi connectivity index (χ0v) is 14.1. The lowest BCUT2D eigenvalue weighted by atomic mass is 10.1. The van der Waals surface area contributed by atoms with Gasteiger partial charge in [0.05, 0.1) is 11.8 Å². The molecule has 1 N–H and O–H groups in total. The van der Waals surface area contributed by atoms with Gasteiger partial charge >= 0.3 is 0 Å². The highest BCUT2D eigenvalue weighted by atomic mass is 32.2. The number of carbonyl (C=O) groups is 1. The lowest BCUT2D eigenvalue weighted by Gasteiger charge is -2.20. The molecule has 3 rings (SSSR count). The molecular formula is C15H20N4O3S. The fourth-order valence-corrected chi connectivity index (χ4v) is 3.74. The van der Waals surface area contributed by atoms with Crippen molar-refractivity contribution in [2.45, 2.75) is 13.3 Å². The Labute approximate surface area is 135 Å². The van der Waals surface area contributed by atoms with Crippen molar-refractivity contribution < 1.29 is 13.2 Å². The van der Waals surface area contributed by atoms with Crippen LogP contribution in [0.3, 0.4) is 0 Å². The van der Waals surface area contributed by atoms with Crippen LogP contribution in [0.25, 0.3) is 10.9 Å². The van der Waals surface area contributed by atoms with Crippen molar-refractivity contribution >= 4 is 26.8 Å². The molecule has 124 valence electrons. The maximum absolute atomic E-state index is 12.8. The van der Waals surface area contributed by atoms with Crippen LogP contribution in [0.1, 0.15) is 22.5 Å². The summed E-state index contributed by atoms with van der Waals surface area (Å²) in [5, 5.41) is 7.85. The Hall–Kier alpha value is -1.93. The number of hydrogen-bond acceptors (Lipinski definition) is 4. The summed E-state index contributed by atoms with van der Waals surface area (Å²) in [6.45, 7) is 3.66. The summed E-state index contributed by atoms with van der Waals surface area (Å²) < 4.78 is 24.7. The quantitative estimate of drug-likeness (QED) is 0.886. The molecule has 2 aromatic rings. The van der Waals surface area contributed by atoms with Crippen molar-refractivity contribution in [1.82, 2.24) is 19.4 Å². The van der Waals surface area contributed by atoms with Crippen molar-refractivity contribution in [3.63, 3.8) is 0 Å². The van der Waals surface area contributed by atoms with Crippen LogP contribution < -0.4 is 0 Å². The van der Waals surface area contributed by atoms with Crippen LogP contribution in [0.4, 0.5) is 0 Å². The Kier molecular flexibility index (Phi) is 4.11. The average molecular weight is 336 g/mol. The number of rotatable bonds is 2. The topological polar surface area (TPSA) is 86.4 Å². The number of hydrogen-bond donors (Lipinski definition) is 1. The van der Waals surface area contributed by atoms with Gasteiger partial charge in [0.15, 0.2) is 5.69 Å². The van der Waals surface area contributed by atoms with E-state index in [1.165, 1.54) is 10.6 Å². The second-order valence-electron chi connectivity index (χ2n) is 5.93. The molecule has 0 saturated carbocycles. The Morgan fingerprint density at radius 1 is 1.22 bits per heavy atom. The van der Waals surface area contributed by atoms with Gasteiger partial charge in [0.1, 0.15) is 0 Å². The number of nitrogens with zero attached hydrogens (tertiary/aromatic N) is 3. The molecule has 8 heteroatoms. The molecule has 0 bridgehead atoms. The molecule has 2 heterocycles. The number of fused-ring (bicyclic) bond motifs is 1. The zero-order chi connectivity index (χ0) is 16.6. The van der Waals surface area contributed by atoms with Gasteiger partial charge in [0, 0.05) is 31.6 Å². The molecule has 0 spiro atoms. The van der Waals surface area contributed by atoms with E-state index in [1.54, 1.807) is 4.90 Å². The largest absolute Gasteiger partial charge is 0.336 e. The molecular weight excluding hydrogens is 316 g/mol. The van der Waals surface area contributed by atoms with Gasteiger partial charge in [-0.1, -0.05) is 11.6 Å². The first-order valence-corrected chi connectivity index (χ1v) is 9.40. The standard InChI is InChI=1S/C15H20N4O3S/c1-11-4-5-13-12(10-11)14(17-16-13)15(20)18-6-3-7-19(9-8-18)23(2,21)22/h4-5,10H,3,6-9H2,1-2H3,(H,16,17). The lowest BCUT2D eigenvalue weighted by Crippen LogP contribution is -2.37. The minimum Gasteiger partial charge on any atom is -0.336 e. The van der Waals surface area contributed by atoms with E-state index in [2.05, 4.69) is 10.2 Å². The van der Waals surface area contributed by atoms with Gasteiger partial charge < -0.3 is 4.90 Å². The van der Waals surface area contributed by atoms with Crippen LogP contribution in [-0.4, -0.2) is 66.2 Å².